The fraction of sp³-hybridized carbons (Fsp3) is 0.152. The van der Waals surface area contributed by atoms with E-state index in [-0.39, 0.29) is 12.4 Å². The molecule has 1 aliphatic heterocycles. The molecule has 10 nitrogen and oxygen atoms in total. The smallest absolute Gasteiger partial charge is 0.411 e. The number of hydrogen-bond donors (Lipinski definition) is 2. The molecule has 7 rings (SSSR count). The predicted molar refractivity (Wildman–Crippen MR) is 172 cm³/mol. The minimum absolute atomic E-state index is 0.0488. The van der Waals surface area contributed by atoms with Crippen molar-refractivity contribution in [3.05, 3.63) is 108 Å². The number of fused-ring (bicyclic) bond motifs is 1. The Labute approximate surface area is 262 Å². The Morgan fingerprint density at radius 2 is 1.82 bits per heavy atom. The zero-order valence-corrected chi connectivity index (χ0v) is 24.8. The van der Waals surface area contributed by atoms with Gasteiger partial charge in [0.05, 0.1) is 24.6 Å². The van der Waals surface area contributed by atoms with E-state index in [4.69, 9.17) is 19.4 Å². The number of hydrogen-bond acceptors (Lipinski definition) is 9. The molecule has 0 saturated carbocycles. The molecular formula is C33H28FN7O3S. The quantitative estimate of drug-likeness (QED) is 0.187. The van der Waals surface area contributed by atoms with Crippen LogP contribution in [0.1, 0.15) is 5.56 Å². The first-order chi connectivity index (χ1) is 22.1. The molecule has 0 aliphatic carbocycles. The molecule has 0 unspecified atom stereocenters. The van der Waals surface area contributed by atoms with Crippen LogP contribution in [0.5, 0.6) is 0 Å². The van der Waals surface area contributed by atoms with Crippen LogP contribution in [0, 0.1) is 5.82 Å². The monoisotopic (exact) mass is 621 g/mol. The van der Waals surface area contributed by atoms with E-state index in [9.17, 15) is 9.18 Å². The molecule has 2 N–H and O–H groups in total. The Hall–Kier alpha value is -5.33. The van der Waals surface area contributed by atoms with Gasteiger partial charge in [0.15, 0.2) is 4.96 Å². The summed E-state index contributed by atoms with van der Waals surface area (Å²) in [6.07, 6.45) is 3.03. The van der Waals surface area contributed by atoms with Gasteiger partial charge in [-0.05, 0) is 60.2 Å². The maximum Gasteiger partial charge on any atom is 0.411 e. The van der Waals surface area contributed by atoms with Crippen LogP contribution < -0.4 is 15.5 Å². The number of amides is 1. The SMILES string of the molecule is O=C(Nc1cccc(-c2nc3sccn3c2-c2ccnc(Nc3ccc(N4CCOCC4)cc3)n2)c1)OCc1cccc(F)c1. The number of rotatable bonds is 8. The molecular weight excluding hydrogens is 593 g/mol. The number of morpholine rings is 1. The van der Waals surface area contributed by atoms with E-state index in [1.165, 1.54) is 23.5 Å². The molecule has 0 radical (unpaired) electrons. The third kappa shape index (κ3) is 6.47. The van der Waals surface area contributed by atoms with Crippen molar-refractivity contribution in [2.45, 2.75) is 6.61 Å². The number of nitrogens with zero attached hydrogens (tertiary/aromatic N) is 5. The fourth-order valence-electron chi connectivity index (χ4n) is 5.16. The van der Waals surface area contributed by atoms with E-state index >= 15 is 0 Å². The summed E-state index contributed by atoms with van der Waals surface area (Å²) in [5.74, 6) is 0.0731. The number of carbonyl (C=O) groups is 1. The Morgan fingerprint density at radius 1 is 0.978 bits per heavy atom. The van der Waals surface area contributed by atoms with Gasteiger partial charge < -0.3 is 19.7 Å². The number of ether oxygens (including phenoxy) is 2. The van der Waals surface area contributed by atoms with Crippen LogP contribution in [0.2, 0.25) is 0 Å². The van der Waals surface area contributed by atoms with Gasteiger partial charge in [-0.15, -0.1) is 11.3 Å². The highest BCUT2D eigenvalue weighted by molar-refractivity contribution is 7.15. The summed E-state index contributed by atoms with van der Waals surface area (Å²) in [5.41, 5.74) is 6.10. The summed E-state index contributed by atoms with van der Waals surface area (Å²) in [4.78, 5) is 29.8. The molecule has 1 fully saturated rings. The molecule has 45 heavy (non-hydrogen) atoms. The Bertz CT molecular complexity index is 1950. The van der Waals surface area contributed by atoms with E-state index < -0.39 is 6.09 Å². The molecule has 12 heteroatoms. The van der Waals surface area contributed by atoms with Crippen molar-refractivity contribution in [3.8, 4) is 22.6 Å². The Morgan fingerprint density at radius 3 is 2.67 bits per heavy atom. The van der Waals surface area contributed by atoms with Crippen molar-refractivity contribution < 1.29 is 18.7 Å². The number of nitrogens with one attached hydrogen (secondary N) is 2. The van der Waals surface area contributed by atoms with Crippen molar-refractivity contribution in [2.24, 2.45) is 0 Å². The fourth-order valence-corrected chi connectivity index (χ4v) is 5.88. The molecule has 1 aliphatic rings. The van der Waals surface area contributed by atoms with Crippen LogP contribution in [0.15, 0.2) is 96.6 Å². The van der Waals surface area contributed by atoms with Crippen molar-refractivity contribution >= 4 is 45.4 Å². The second-order valence-corrected chi connectivity index (χ2v) is 11.2. The second kappa shape index (κ2) is 12.7. The van der Waals surface area contributed by atoms with Crippen LogP contribution >= 0.6 is 11.3 Å². The standard InChI is InChI=1S/C33H28FN7O3S/c34-24-5-1-3-22(19-24)21-44-33(42)37-26-6-2-4-23(20-26)29-30(41-15-18-45-32(41)39-29)28-11-12-35-31(38-28)36-25-7-9-27(10-8-25)40-13-16-43-17-14-40/h1-12,15,18-20H,13-14,16-17,21H2,(H,37,42)(H,35,36,38). The van der Waals surface area contributed by atoms with Gasteiger partial charge in [0.1, 0.15) is 18.1 Å². The molecule has 6 aromatic rings. The lowest BCUT2D eigenvalue weighted by atomic mass is 10.1. The van der Waals surface area contributed by atoms with Crippen LogP contribution in [0.3, 0.4) is 0 Å². The normalized spacial score (nSPS) is 13.1. The topological polar surface area (TPSA) is 106 Å². The number of benzene rings is 3. The van der Waals surface area contributed by atoms with Gasteiger partial charge in [0.25, 0.3) is 0 Å². The van der Waals surface area contributed by atoms with Gasteiger partial charge in [0.2, 0.25) is 5.95 Å². The number of halogens is 1. The van der Waals surface area contributed by atoms with E-state index in [1.807, 2.05) is 52.4 Å². The predicted octanol–water partition coefficient (Wildman–Crippen LogP) is 6.99. The van der Waals surface area contributed by atoms with E-state index in [0.29, 0.717) is 28.6 Å². The van der Waals surface area contributed by atoms with Gasteiger partial charge in [0, 0.05) is 53.5 Å². The first-order valence-corrected chi connectivity index (χ1v) is 15.2. The highest BCUT2D eigenvalue weighted by Crippen LogP contribution is 2.35. The molecule has 0 atom stereocenters. The highest BCUT2D eigenvalue weighted by atomic mass is 32.1. The van der Waals surface area contributed by atoms with Gasteiger partial charge in [-0.2, -0.15) is 0 Å². The molecule has 3 aromatic carbocycles. The first kappa shape index (κ1) is 28.4. The second-order valence-electron chi connectivity index (χ2n) is 10.3. The van der Waals surface area contributed by atoms with Gasteiger partial charge in [-0.3, -0.25) is 9.72 Å². The summed E-state index contributed by atoms with van der Waals surface area (Å²) in [7, 11) is 0. The van der Waals surface area contributed by atoms with E-state index in [2.05, 4.69) is 32.7 Å². The maximum absolute atomic E-state index is 13.5. The van der Waals surface area contributed by atoms with Crippen LogP contribution in [0.25, 0.3) is 27.6 Å². The minimum atomic E-state index is -0.646. The van der Waals surface area contributed by atoms with E-state index in [0.717, 1.165) is 53.9 Å². The number of carbonyl (C=O) groups excluding carboxylic acids is 1. The Kier molecular flexibility index (Phi) is 8.04. The summed E-state index contributed by atoms with van der Waals surface area (Å²) in [6.45, 7) is 3.18. The molecule has 4 heterocycles. The third-order valence-electron chi connectivity index (χ3n) is 7.30. The zero-order chi connectivity index (χ0) is 30.6. The van der Waals surface area contributed by atoms with Crippen LogP contribution in [-0.4, -0.2) is 51.7 Å². The summed E-state index contributed by atoms with van der Waals surface area (Å²) in [6, 6.07) is 23.3. The number of anilines is 4. The van der Waals surface area contributed by atoms with E-state index in [1.54, 1.807) is 24.4 Å². The lowest BCUT2D eigenvalue weighted by Crippen LogP contribution is -2.36. The van der Waals surface area contributed by atoms with Gasteiger partial charge in [-0.1, -0.05) is 24.3 Å². The average molecular weight is 622 g/mol. The van der Waals surface area contributed by atoms with Crippen LogP contribution in [-0.2, 0) is 16.1 Å². The summed E-state index contributed by atoms with van der Waals surface area (Å²) >= 11 is 1.52. The zero-order valence-electron chi connectivity index (χ0n) is 24.0. The van der Waals surface area contributed by atoms with Crippen molar-refractivity contribution in [1.82, 2.24) is 19.4 Å². The molecule has 1 saturated heterocycles. The van der Waals surface area contributed by atoms with Crippen molar-refractivity contribution in [1.29, 1.82) is 0 Å². The van der Waals surface area contributed by atoms with Crippen LogP contribution in [0.4, 0.5) is 32.2 Å². The maximum atomic E-state index is 13.5. The minimum Gasteiger partial charge on any atom is -0.444 e. The average Bonchev–Trinajstić information content (AvgIpc) is 3.67. The molecule has 0 spiro atoms. The first-order valence-electron chi connectivity index (χ1n) is 14.4. The molecule has 0 bridgehead atoms. The summed E-state index contributed by atoms with van der Waals surface area (Å²) < 4.78 is 26.2. The Balaban J connectivity index is 1.11. The van der Waals surface area contributed by atoms with Gasteiger partial charge >= 0.3 is 6.09 Å². The molecule has 1 amide bonds. The summed E-state index contributed by atoms with van der Waals surface area (Å²) in [5, 5.41) is 8.04. The third-order valence-corrected chi connectivity index (χ3v) is 8.06. The highest BCUT2D eigenvalue weighted by Gasteiger charge is 2.19. The van der Waals surface area contributed by atoms with Gasteiger partial charge in [-0.25, -0.2) is 24.1 Å². The molecule has 226 valence electrons. The largest absolute Gasteiger partial charge is 0.444 e. The lowest BCUT2D eigenvalue weighted by Gasteiger charge is -2.28. The lowest BCUT2D eigenvalue weighted by molar-refractivity contribution is 0.122. The number of aromatic nitrogens is 4. The number of thiazole rings is 1. The van der Waals surface area contributed by atoms with Crippen molar-refractivity contribution in [2.75, 3.05) is 41.8 Å². The number of imidazole rings is 1. The van der Waals surface area contributed by atoms with Crippen molar-refractivity contribution in [3.63, 3.8) is 0 Å². The molecule has 3 aromatic heterocycles.